The first-order valence-electron chi connectivity index (χ1n) is 9.93. The molecule has 0 aromatic heterocycles. The van der Waals surface area contributed by atoms with Crippen LogP contribution in [0.2, 0.25) is 0 Å². The average molecular weight is 527 g/mol. The van der Waals surface area contributed by atoms with Crippen LogP contribution in [0, 0.1) is 11.8 Å². The summed E-state index contributed by atoms with van der Waals surface area (Å²) in [5, 5.41) is 3.44. The Morgan fingerprint density at radius 3 is 2.64 bits per heavy atom. The summed E-state index contributed by atoms with van der Waals surface area (Å²) in [5.41, 5.74) is 1.00. The number of aliphatic imine (C=N–C) groups is 1. The van der Waals surface area contributed by atoms with Gasteiger partial charge in [-0.2, -0.15) is 0 Å². The SMILES string of the molecule is C=C(C)CN=C(NCC1CCS(=O)(=O)C1)N1CCCC(C2(C)OCCO2)C1.I. The van der Waals surface area contributed by atoms with Crippen LogP contribution in [0.1, 0.15) is 33.1 Å². The van der Waals surface area contributed by atoms with Crippen molar-refractivity contribution in [2.24, 2.45) is 16.8 Å². The molecular formula is C19H34IN3O4S. The van der Waals surface area contributed by atoms with Crippen molar-refractivity contribution in [3.8, 4) is 0 Å². The molecule has 28 heavy (non-hydrogen) atoms. The standard InChI is InChI=1S/C19H33N3O4S.HI/c1-15(2)11-20-18(21-12-16-6-10-27(23,24)14-16)22-7-4-5-17(13-22)19(3)25-8-9-26-19;/h16-17H,1,4-14H2,2-3H3,(H,20,21);1H. The number of guanidine groups is 1. The highest BCUT2D eigenvalue weighted by Crippen LogP contribution is 2.34. The Morgan fingerprint density at radius 1 is 1.32 bits per heavy atom. The molecule has 162 valence electrons. The third kappa shape index (κ3) is 6.30. The van der Waals surface area contributed by atoms with Gasteiger partial charge < -0.3 is 19.7 Å². The molecule has 2 atom stereocenters. The van der Waals surface area contributed by atoms with E-state index in [2.05, 4.69) is 16.8 Å². The fraction of sp³-hybridized carbons (Fsp3) is 0.842. The van der Waals surface area contributed by atoms with Gasteiger partial charge in [-0.25, -0.2) is 13.4 Å². The Kier molecular flexibility index (Phi) is 8.60. The van der Waals surface area contributed by atoms with E-state index in [1.165, 1.54) is 0 Å². The van der Waals surface area contributed by atoms with E-state index in [-0.39, 0.29) is 41.6 Å². The Bertz CT molecular complexity index is 677. The molecule has 9 heteroatoms. The molecule has 0 radical (unpaired) electrons. The van der Waals surface area contributed by atoms with Crippen molar-refractivity contribution >= 4 is 39.8 Å². The fourth-order valence-electron chi connectivity index (χ4n) is 4.11. The van der Waals surface area contributed by atoms with E-state index in [4.69, 9.17) is 14.5 Å². The van der Waals surface area contributed by atoms with Crippen LogP contribution < -0.4 is 5.32 Å². The molecule has 0 spiro atoms. The van der Waals surface area contributed by atoms with Crippen molar-refractivity contribution in [3.05, 3.63) is 12.2 Å². The molecule has 3 saturated heterocycles. The third-order valence-corrected chi connectivity index (χ3v) is 7.53. The summed E-state index contributed by atoms with van der Waals surface area (Å²) in [7, 11) is -2.86. The van der Waals surface area contributed by atoms with Gasteiger partial charge in [0.2, 0.25) is 0 Å². The van der Waals surface area contributed by atoms with Crippen molar-refractivity contribution in [2.45, 2.75) is 38.9 Å². The van der Waals surface area contributed by atoms with Gasteiger partial charge in [-0.05, 0) is 39.0 Å². The first-order valence-corrected chi connectivity index (χ1v) is 11.8. The van der Waals surface area contributed by atoms with Crippen LogP contribution >= 0.6 is 24.0 Å². The van der Waals surface area contributed by atoms with E-state index in [1.807, 2.05) is 13.8 Å². The minimum absolute atomic E-state index is 0. The van der Waals surface area contributed by atoms with Crippen molar-refractivity contribution in [1.82, 2.24) is 10.2 Å². The van der Waals surface area contributed by atoms with Crippen molar-refractivity contribution in [1.29, 1.82) is 0 Å². The van der Waals surface area contributed by atoms with E-state index in [9.17, 15) is 8.42 Å². The van der Waals surface area contributed by atoms with Gasteiger partial charge in [-0.3, -0.25) is 0 Å². The lowest BCUT2D eigenvalue weighted by Gasteiger charge is -2.41. The first kappa shape index (κ1) is 23.9. The maximum absolute atomic E-state index is 11.7. The number of likely N-dealkylation sites (tertiary alicyclic amines) is 1. The summed E-state index contributed by atoms with van der Waals surface area (Å²) >= 11 is 0. The molecule has 0 amide bonds. The highest BCUT2D eigenvalue weighted by atomic mass is 127. The van der Waals surface area contributed by atoms with Crippen molar-refractivity contribution < 1.29 is 17.9 Å². The van der Waals surface area contributed by atoms with Crippen LogP contribution in [0.25, 0.3) is 0 Å². The second-order valence-corrected chi connectivity index (χ2v) is 10.5. The highest BCUT2D eigenvalue weighted by molar-refractivity contribution is 14.0. The summed E-state index contributed by atoms with van der Waals surface area (Å²) in [6.07, 6.45) is 2.85. The molecule has 1 N–H and O–H groups in total. The number of nitrogens with zero attached hydrogens (tertiary/aromatic N) is 2. The molecule has 0 aromatic carbocycles. The predicted octanol–water partition coefficient (Wildman–Crippen LogP) is 2.04. The lowest BCUT2D eigenvalue weighted by molar-refractivity contribution is -0.189. The molecule has 3 fully saturated rings. The van der Waals surface area contributed by atoms with Crippen LogP contribution in [0.4, 0.5) is 0 Å². The van der Waals surface area contributed by atoms with Crippen LogP contribution in [0.15, 0.2) is 17.1 Å². The topological polar surface area (TPSA) is 80.2 Å². The average Bonchev–Trinajstić information content (AvgIpc) is 3.21. The van der Waals surface area contributed by atoms with E-state index >= 15 is 0 Å². The number of hydrogen-bond donors (Lipinski definition) is 1. The molecule has 3 heterocycles. The lowest BCUT2D eigenvalue weighted by Crippen LogP contribution is -2.52. The summed E-state index contributed by atoms with van der Waals surface area (Å²) in [6.45, 7) is 12.2. The zero-order chi connectivity index (χ0) is 19.5. The monoisotopic (exact) mass is 527 g/mol. The number of ether oxygens (including phenoxy) is 2. The van der Waals surface area contributed by atoms with Gasteiger partial charge in [0, 0.05) is 25.6 Å². The summed E-state index contributed by atoms with van der Waals surface area (Å²) in [4.78, 5) is 6.99. The maximum Gasteiger partial charge on any atom is 0.194 e. The minimum atomic E-state index is -2.86. The second-order valence-electron chi connectivity index (χ2n) is 8.24. The van der Waals surface area contributed by atoms with Gasteiger partial charge in [0.05, 0.1) is 31.3 Å². The molecule has 3 rings (SSSR count). The van der Waals surface area contributed by atoms with E-state index in [1.54, 1.807) is 0 Å². The van der Waals surface area contributed by atoms with E-state index < -0.39 is 15.6 Å². The molecule has 3 aliphatic rings. The van der Waals surface area contributed by atoms with Crippen molar-refractivity contribution in [2.75, 3.05) is 50.9 Å². The molecule has 0 aromatic rings. The second kappa shape index (κ2) is 10.1. The largest absolute Gasteiger partial charge is 0.356 e. The quantitative estimate of drug-likeness (QED) is 0.255. The Morgan fingerprint density at radius 2 is 2.04 bits per heavy atom. The normalized spacial score (nSPS) is 29.4. The number of rotatable bonds is 5. The lowest BCUT2D eigenvalue weighted by atomic mass is 9.90. The molecule has 0 bridgehead atoms. The highest BCUT2D eigenvalue weighted by Gasteiger charge is 2.42. The molecule has 2 unspecified atom stereocenters. The summed E-state index contributed by atoms with van der Waals surface area (Å²) in [5.74, 6) is 1.35. The smallest absolute Gasteiger partial charge is 0.194 e. The predicted molar refractivity (Wildman–Crippen MR) is 122 cm³/mol. The van der Waals surface area contributed by atoms with E-state index in [0.29, 0.717) is 32.1 Å². The van der Waals surface area contributed by atoms with Gasteiger partial charge in [0.15, 0.2) is 21.6 Å². The van der Waals surface area contributed by atoms with Gasteiger partial charge >= 0.3 is 0 Å². The summed E-state index contributed by atoms with van der Waals surface area (Å²) in [6, 6.07) is 0. The van der Waals surface area contributed by atoms with Gasteiger partial charge in [0.1, 0.15) is 0 Å². The third-order valence-electron chi connectivity index (χ3n) is 5.70. The molecule has 7 nitrogen and oxygen atoms in total. The number of piperidine rings is 1. The molecule has 0 aliphatic carbocycles. The van der Waals surface area contributed by atoms with Crippen LogP contribution in [-0.4, -0.2) is 76.0 Å². The zero-order valence-electron chi connectivity index (χ0n) is 17.0. The van der Waals surface area contributed by atoms with Crippen molar-refractivity contribution in [3.63, 3.8) is 0 Å². The van der Waals surface area contributed by atoms with Crippen LogP contribution in [0.5, 0.6) is 0 Å². The van der Waals surface area contributed by atoms with Gasteiger partial charge in [0.25, 0.3) is 0 Å². The number of hydrogen-bond acceptors (Lipinski definition) is 5. The van der Waals surface area contributed by atoms with Gasteiger partial charge in [-0.1, -0.05) is 12.2 Å². The zero-order valence-corrected chi connectivity index (χ0v) is 20.1. The molecule has 0 saturated carbocycles. The first-order chi connectivity index (χ1) is 12.8. The Labute approximate surface area is 186 Å². The number of nitrogens with one attached hydrogen (secondary N) is 1. The number of sulfone groups is 1. The van der Waals surface area contributed by atoms with Crippen LogP contribution in [-0.2, 0) is 19.3 Å². The molecule has 3 aliphatic heterocycles. The van der Waals surface area contributed by atoms with Gasteiger partial charge in [-0.15, -0.1) is 24.0 Å². The molecular weight excluding hydrogens is 493 g/mol. The van der Waals surface area contributed by atoms with E-state index in [0.717, 1.165) is 43.9 Å². The Balaban J connectivity index is 0.00000280. The minimum Gasteiger partial charge on any atom is -0.356 e. The number of halogens is 1. The summed E-state index contributed by atoms with van der Waals surface area (Å²) < 4.78 is 35.2. The fourth-order valence-corrected chi connectivity index (χ4v) is 5.97. The maximum atomic E-state index is 11.7. The van der Waals surface area contributed by atoms with Crippen LogP contribution in [0.3, 0.4) is 0 Å². The Hall–Kier alpha value is -0.390.